The number of hydrogen-bond acceptors (Lipinski definition) is 3. The zero-order valence-electron chi connectivity index (χ0n) is 9.77. The quantitative estimate of drug-likeness (QED) is 0.831. The van der Waals surface area contributed by atoms with Crippen LogP contribution < -0.4 is 10.5 Å². The van der Waals surface area contributed by atoms with E-state index in [-0.39, 0.29) is 0 Å². The Bertz CT molecular complexity index is 632. The second kappa shape index (κ2) is 4.99. The van der Waals surface area contributed by atoms with Crippen molar-refractivity contribution in [2.45, 2.75) is 6.92 Å². The Morgan fingerprint density at radius 3 is 2.61 bits per heavy atom. The molecule has 0 aliphatic heterocycles. The van der Waals surface area contributed by atoms with Gasteiger partial charge >= 0.3 is 0 Å². The molecular formula is C14H11ClN2O. The molecule has 0 aliphatic rings. The standard InChI is InChI=1S/C14H11ClN2O/c1-9-6-12(4-2-10(9)8-16)18-14-5-3-11(15)7-13(14)17/h2-7H,17H2,1H3. The van der Waals surface area contributed by atoms with Crippen LogP contribution in [-0.2, 0) is 0 Å². The van der Waals surface area contributed by atoms with E-state index in [2.05, 4.69) is 6.07 Å². The van der Waals surface area contributed by atoms with E-state index in [0.29, 0.717) is 27.8 Å². The van der Waals surface area contributed by atoms with Crippen LogP contribution in [0.2, 0.25) is 5.02 Å². The van der Waals surface area contributed by atoms with Gasteiger partial charge in [-0.2, -0.15) is 5.26 Å². The minimum atomic E-state index is 0.476. The number of nitriles is 1. The fourth-order valence-corrected chi connectivity index (χ4v) is 1.74. The molecule has 0 bridgehead atoms. The Morgan fingerprint density at radius 2 is 2.00 bits per heavy atom. The van der Waals surface area contributed by atoms with Gasteiger partial charge in [-0.25, -0.2) is 0 Å². The Morgan fingerprint density at radius 1 is 1.22 bits per heavy atom. The van der Waals surface area contributed by atoms with Gasteiger partial charge in [-0.15, -0.1) is 0 Å². The highest BCUT2D eigenvalue weighted by atomic mass is 35.5. The third-order valence-corrected chi connectivity index (χ3v) is 2.75. The first-order valence-electron chi connectivity index (χ1n) is 5.34. The SMILES string of the molecule is Cc1cc(Oc2ccc(Cl)cc2N)ccc1C#N. The predicted octanol–water partition coefficient (Wildman–Crippen LogP) is 3.89. The summed E-state index contributed by atoms with van der Waals surface area (Å²) in [4.78, 5) is 0. The third kappa shape index (κ3) is 2.55. The number of aryl methyl sites for hydroxylation is 1. The Hall–Kier alpha value is -2.18. The summed E-state index contributed by atoms with van der Waals surface area (Å²) in [6, 6.07) is 12.4. The Labute approximate surface area is 110 Å². The lowest BCUT2D eigenvalue weighted by atomic mass is 10.1. The summed E-state index contributed by atoms with van der Waals surface area (Å²) in [5.41, 5.74) is 7.77. The first-order valence-corrected chi connectivity index (χ1v) is 5.71. The van der Waals surface area contributed by atoms with Crippen molar-refractivity contribution in [3.63, 3.8) is 0 Å². The number of hydrogen-bond donors (Lipinski definition) is 1. The average Bonchev–Trinajstić information content (AvgIpc) is 2.33. The molecule has 0 saturated carbocycles. The predicted molar refractivity (Wildman–Crippen MR) is 71.8 cm³/mol. The van der Waals surface area contributed by atoms with Gasteiger partial charge in [0.15, 0.2) is 0 Å². The van der Waals surface area contributed by atoms with Crippen molar-refractivity contribution in [2.75, 3.05) is 5.73 Å². The van der Waals surface area contributed by atoms with E-state index in [9.17, 15) is 0 Å². The maximum atomic E-state index is 8.85. The monoisotopic (exact) mass is 258 g/mol. The molecule has 0 fully saturated rings. The summed E-state index contributed by atoms with van der Waals surface area (Å²) in [7, 11) is 0. The highest BCUT2D eigenvalue weighted by molar-refractivity contribution is 6.30. The van der Waals surface area contributed by atoms with E-state index in [1.165, 1.54) is 0 Å². The van der Waals surface area contributed by atoms with E-state index < -0.39 is 0 Å². The molecule has 0 aliphatic carbocycles. The average molecular weight is 259 g/mol. The van der Waals surface area contributed by atoms with Crippen molar-refractivity contribution in [1.29, 1.82) is 5.26 Å². The zero-order chi connectivity index (χ0) is 13.1. The van der Waals surface area contributed by atoms with Gasteiger partial charge in [-0.05, 0) is 48.9 Å². The molecule has 0 heterocycles. The van der Waals surface area contributed by atoms with Crippen LogP contribution in [0.15, 0.2) is 36.4 Å². The topological polar surface area (TPSA) is 59.0 Å². The van der Waals surface area contributed by atoms with Crippen LogP contribution in [-0.4, -0.2) is 0 Å². The van der Waals surface area contributed by atoms with Crippen molar-refractivity contribution in [1.82, 2.24) is 0 Å². The summed E-state index contributed by atoms with van der Waals surface area (Å²) in [6.45, 7) is 1.86. The molecule has 18 heavy (non-hydrogen) atoms. The minimum absolute atomic E-state index is 0.476. The van der Waals surface area contributed by atoms with Crippen molar-refractivity contribution in [3.8, 4) is 17.6 Å². The van der Waals surface area contributed by atoms with Crippen molar-refractivity contribution >= 4 is 17.3 Å². The number of ether oxygens (including phenoxy) is 1. The number of benzene rings is 2. The fraction of sp³-hybridized carbons (Fsp3) is 0.0714. The number of nitrogens with two attached hydrogens (primary N) is 1. The Balaban J connectivity index is 2.29. The number of nitrogen functional groups attached to an aromatic ring is 1. The van der Waals surface area contributed by atoms with E-state index in [1.54, 1.807) is 36.4 Å². The number of nitrogens with zero attached hydrogens (tertiary/aromatic N) is 1. The maximum absolute atomic E-state index is 8.85. The normalized spacial score (nSPS) is 9.83. The lowest BCUT2D eigenvalue weighted by Crippen LogP contribution is -1.92. The molecule has 3 nitrogen and oxygen atoms in total. The molecule has 0 unspecified atom stereocenters. The third-order valence-electron chi connectivity index (χ3n) is 2.52. The van der Waals surface area contributed by atoms with Crippen molar-refractivity contribution < 1.29 is 4.74 Å². The highest BCUT2D eigenvalue weighted by Crippen LogP contribution is 2.30. The van der Waals surface area contributed by atoms with E-state index in [0.717, 1.165) is 5.56 Å². The van der Waals surface area contributed by atoms with Gasteiger partial charge in [0.25, 0.3) is 0 Å². The molecule has 0 spiro atoms. The van der Waals surface area contributed by atoms with E-state index in [1.807, 2.05) is 6.92 Å². The van der Waals surface area contributed by atoms with Crippen LogP contribution >= 0.6 is 11.6 Å². The molecule has 4 heteroatoms. The summed E-state index contributed by atoms with van der Waals surface area (Å²) >= 11 is 5.81. The lowest BCUT2D eigenvalue weighted by Gasteiger charge is -2.09. The van der Waals surface area contributed by atoms with Gasteiger partial charge < -0.3 is 10.5 Å². The molecule has 2 rings (SSSR count). The second-order valence-electron chi connectivity index (χ2n) is 3.87. The first kappa shape index (κ1) is 12.3. The lowest BCUT2D eigenvalue weighted by molar-refractivity contribution is 0.484. The summed E-state index contributed by atoms with van der Waals surface area (Å²) in [6.07, 6.45) is 0. The number of rotatable bonds is 2. The zero-order valence-corrected chi connectivity index (χ0v) is 10.5. The second-order valence-corrected chi connectivity index (χ2v) is 4.31. The van der Waals surface area contributed by atoms with Crippen LogP contribution in [0.5, 0.6) is 11.5 Å². The summed E-state index contributed by atoms with van der Waals surface area (Å²) in [5.74, 6) is 1.18. The van der Waals surface area contributed by atoms with Crippen molar-refractivity contribution in [3.05, 3.63) is 52.5 Å². The van der Waals surface area contributed by atoms with Gasteiger partial charge in [0, 0.05) is 5.02 Å². The summed E-state index contributed by atoms with van der Waals surface area (Å²) < 4.78 is 5.65. The molecular weight excluding hydrogens is 248 g/mol. The molecule has 0 amide bonds. The van der Waals surface area contributed by atoms with Crippen LogP contribution in [0.4, 0.5) is 5.69 Å². The van der Waals surface area contributed by atoms with E-state index in [4.69, 9.17) is 27.3 Å². The maximum Gasteiger partial charge on any atom is 0.150 e. The smallest absolute Gasteiger partial charge is 0.150 e. The number of halogens is 1. The van der Waals surface area contributed by atoms with Gasteiger partial charge in [-0.1, -0.05) is 11.6 Å². The molecule has 2 aromatic rings. The summed E-state index contributed by atoms with van der Waals surface area (Å²) in [5, 5.41) is 9.41. The number of anilines is 1. The molecule has 0 atom stereocenters. The van der Waals surface area contributed by atoms with Gasteiger partial charge in [-0.3, -0.25) is 0 Å². The van der Waals surface area contributed by atoms with Gasteiger partial charge in [0.05, 0.1) is 17.3 Å². The minimum Gasteiger partial charge on any atom is -0.455 e. The van der Waals surface area contributed by atoms with E-state index >= 15 is 0 Å². The molecule has 0 radical (unpaired) electrons. The van der Waals surface area contributed by atoms with Crippen molar-refractivity contribution in [2.24, 2.45) is 0 Å². The van der Waals surface area contributed by atoms with Crippen LogP contribution in [0.1, 0.15) is 11.1 Å². The van der Waals surface area contributed by atoms with Crippen LogP contribution in [0, 0.1) is 18.3 Å². The molecule has 0 aromatic heterocycles. The Kier molecular flexibility index (Phi) is 3.40. The first-order chi connectivity index (χ1) is 8.60. The largest absolute Gasteiger partial charge is 0.455 e. The highest BCUT2D eigenvalue weighted by Gasteiger charge is 2.05. The van der Waals surface area contributed by atoms with Gasteiger partial charge in [0.1, 0.15) is 11.5 Å². The fourth-order valence-electron chi connectivity index (χ4n) is 1.56. The van der Waals surface area contributed by atoms with Gasteiger partial charge in [0.2, 0.25) is 0 Å². The molecule has 2 aromatic carbocycles. The molecule has 2 N–H and O–H groups in total. The molecule has 0 saturated heterocycles. The molecule has 90 valence electrons. The van der Waals surface area contributed by atoms with Crippen LogP contribution in [0.3, 0.4) is 0 Å². The van der Waals surface area contributed by atoms with Crippen LogP contribution in [0.25, 0.3) is 0 Å².